The highest BCUT2D eigenvalue weighted by molar-refractivity contribution is 7.90. The van der Waals surface area contributed by atoms with Crippen LogP contribution >= 0.6 is 0 Å². The number of carbonyl (C=O) groups is 1. The Labute approximate surface area is 103 Å². The zero-order valence-electron chi connectivity index (χ0n) is 10.6. The van der Waals surface area contributed by atoms with E-state index in [4.69, 9.17) is 5.73 Å². The molecule has 0 bridgehead atoms. The van der Waals surface area contributed by atoms with Gasteiger partial charge in [-0.25, -0.2) is 8.42 Å². The maximum atomic E-state index is 11.8. The first kappa shape index (κ1) is 14.4. The topological polar surface area (TPSA) is 80.5 Å². The Hall–Kier alpha value is -0.620. The predicted octanol–water partition coefficient (Wildman–Crippen LogP) is 0.00690. The highest BCUT2D eigenvalue weighted by Crippen LogP contribution is 2.26. The third kappa shape index (κ3) is 5.04. The van der Waals surface area contributed by atoms with Crippen molar-refractivity contribution in [3.63, 3.8) is 0 Å². The molecular weight excluding hydrogens is 240 g/mol. The molecule has 0 heterocycles. The molecule has 0 aromatic rings. The summed E-state index contributed by atoms with van der Waals surface area (Å²) in [4.78, 5) is 13.5. The molecule has 6 heteroatoms. The summed E-state index contributed by atoms with van der Waals surface area (Å²) in [5, 5.41) is 0. The number of likely N-dealkylation sites (N-methyl/N-ethyl adjacent to an activating group) is 1. The van der Waals surface area contributed by atoms with Crippen molar-refractivity contribution in [2.75, 3.05) is 25.6 Å². The Morgan fingerprint density at radius 2 is 2.06 bits per heavy atom. The van der Waals surface area contributed by atoms with Crippen LogP contribution in [0.25, 0.3) is 0 Å². The molecule has 17 heavy (non-hydrogen) atoms. The summed E-state index contributed by atoms with van der Waals surface area (Å²) in [6, 6.07) is -0.699. The summed E-state index contributed by atoms with van der Waals surface area (Å²) in [7, 11) is -1.31. The normalized spacial score (nSPS) is 18.5. The van der Waals surface area contributed by atoms with Crippen LogP contribution in [0, 0.1) is 5.92 Å². The Morgan fingerprint density at radius 1 is 1.47 bits per heavy atom. The van der Waals surface area contributed by atoms with Gasteiger partial charge in [-0.05, 0) is 25.2 Å². The van der Waals surface area contributed by atoms with E-state index in [0.717, 1.165) is 12.8 Å². The fraction of sp³-hybridized carbons (Fsp3) is 0.909. The smallest absolute Gasteiger partial charge is 0.239 e. The van der Waals surface area contributed by atoms with Crippen LogP contribution in [-0.2, 0) is 14.6 Å². The van der Waals surface area contributed by atoms with Gasteiger partial charge in [-0.3, -0.25) is 4.79 Å². The van der Waals surface area contributed by atoms with E-state index in [1.165, 1.54) is 19.3 Å². The van der Waals surface area contributed by atoms with Crippen molar-refractivity contribution in [3.05, 3.63) is 0 Å². The highest BCUT2D eigenvalue weighted by atomic mass is 32.2. The Kier molecular flexibility index (Phi) is 4.94. The minimum absolute atomic E-state index is 0.0306. The lowest BCUT2D eigenvalue weighted by Gasteiger charge is -2.31. The van der Waals surface area contributed by atoms with Crippen LogP contribution in [0.4, 0.5) is 0 Å². The van der Waals surface area contributed by atoms with Crippen LogP contribution in [0.1, 0.15) is 25.7 Å². The predicted molar refractivity (Wildman–Crippen MR) is 67.3 cm³/mol. The summed E-state index contributed by atoms with van der Waals surface area (Å²) < 4.78 is 22.0. The molecule has 1 unspecified atom stereocenters. The summed E-state index contributed by atoms with van der Waals surface area (Å²) >= 11 is 0. The second-order valence-corrected chi connectivity index (χ2v) is 7.30. The lowest BCUT2D eigenvalue weighted by Crippen LogP contribution is -2.45. The first-order chi connectivity index (χ1) is 7.79. The summed E-state index contributed by atoms with van der Waals surface area (Å²) in [5.41, 5.74) is 5.70. The molecule has 5 nitrogen and oxygen atoms in total. The van der Waals surface area contributed by atoms with Crippen molar-refractivity contribution in [1.82, 2.24) is 4.90 Å². The van der Waals surface area contributed by atoms with E-state index < -0.39 is 15.9 Å². The molecule has 1 atom stereocenters. The zero-order chi connectivity index (χ0) is 13.1. The quantitative estimate of drug-likeness (QED) is 0.731. The van der Waals surface area contributed by atoms with Gasteiger partial charge in [0.25, 0.3) is 0 Å². The summed E-state index contributed by atoms with van der Waals surface area (Å²) in [5.74, 6) is 0.420. The first-order valence-corrected chi connectivity index (χ1v) is 8.04. The number of hydrogen-bond donors (Lipinski definition) is 1. The molecule has 0 saturated heterocycles. The molecule has 0 aromatic heterocycles. The summed E-state index contributed by atoms with van der Waals surface area (Å²) in [6.45, 7) is 0.741. The largest absolute Gasteiger partial charge is 0.344 e. The minimum atomic E-state index is -3.05. The van der Waals surface area contributed by atoms with Crippen LogP contribution in [-0.4, -0.2) is 50.9 Å². The minimum Gasteiger partial charge on any atom is -0.344 e. The van der Waals surface area contributed by atoms with Gasteiger partial charge in [0.15, 0.2) is 0 Å². The number of hydrogen-bond acceptors (Lipinski definition) is 4. The standard InChI is InChI=1S/C11H22N2O3S/c1-13(8-9-4-3-5-9)11(14)10(12)6-7-17(2,15)16/h9-10H,3-8,12H2,1-2H3. The zero-order valence-corrected chi connectivity index (χ0v) is 11.4. The molecule has 1 aliphatic carbocycles. The number of rotatable bonds is 6. The Bertz CT molecular complexity index is 363. The molecule has 0 radical (unpaired) electrons. The van der Waals surface area contributed by atoms with Gasteiger partial charge in [-0.1, -0.05) is 6.42 Å². The second kappa shape index (κ2) is 5.82. The molecule has 2 N–H and O–H groups in total. The maximum Gasteiger partial charge on any atom is 0.239 e. The van der Waals surface area contributed by atoms with Crippen molar-refractivity contribution in [2.45, 2.75) is 31.7 Å². The molecule has 1 fully saturated rings. The number of sulfone groups is 1. The molecule has 0 spiro atoms. The molecule has 1 aliphatic rings. The van der Waals surface area contributed by atoms with Gasteiger partial charge in [-0.2, -0.15) is 0 Å². The van der Waals surface area contributed by atoms with Gasteiger partial charge in [0.2, 0.25) is 5.91 Å². The fourth-order valence-electron chi connectivity index (χ4n) is 1.90. The van der Waals surface area contributed by atoms with E-state index in [-0.39, 0.29) is 18.1 Å². The fourth-order valence-corrected chi connectivity index (χ4v) is 2.58. The van der Waals surface area contributed by atoms with Gasteiger partial charge in [-0.15, -0.1) is 0 Å². The average molecular weight is 262 g/mol. The van der Waals surface area contributed by atoms with E-state index in [1.54, 1.807) is 11.9 Å². The number of amides is 1. The monoisotopic (exact) mass is 262 g/mol. The third-order valence-corrected chi connectivity index (χ3v) is 4.23. The van der Waals surface area contributed by atoms with Crippen LogP contribution in [0.5, 0.6) is 0 Å². The second-order valence-electron chi connectivity index (χ2n) is 5.04. The van der Waals surface area contributed by atoms with E-state index in [2.05, 4.69) is 0 Å². The SMILES string of the molecule is CN(CC1CCC1)C(=O)C(N)CCS(C)(=O)=O. The van der Waals surface area contributed by atoms with Crippen LogP contribution in [0.3, 0.4) is 0 Å². The molecule has 0 aromatic carbocycles. The van der Waals surface area contributed by atoms with Crippen molar-refractivity contribution in [3.8, 4) is 0 Å². The Morgan fingerprint density at radius 3 is 2.47 bits per heavy atom. The maximum absolute atomic E-state index is 11.8. The van der Waals surface area contributed by atoms with Gasteiger partial charge in [0.1, 0.15) is 9.84 Å². The van der Waals surface area contributed by atoms with E-state index in [0.29, 0.717) is 5.92 Å². The van der Waals surface area contributed by atoms with E-state index in [1.807, 2.05) is 0 Å². The first-order valence-electron chi connectivity index (χ1n) is 5.98. The molecular formula is C11H22N2O3S. The molecule has 100 valence electrons. The van der Waals surface area contributed by atoms with Crippen LogP contribution in [0.15, 0.2) is 0 Å². The molecule has 1 rings (SSSR count). The number of nitrogens with two attached hydrogens (primary N) is 1. The van der Waals surface area contributed by atoms with Crippen molar-refractivity contribution in [2.24, 2.45) is 11.7 Å². The van der Waals surface area contributed by atoms with Gasteiger partial charge < -0.3 is 10.6 Å². The number of nitrogens with zero attached hydrogens (tertiary/aromatic N) is 1. The van der Waals surface area contributed by atoms with Gasteiger partial charge in [0, 0.05) is 19.8 Å². The lowest BCUT2D eigenvalue weighted by atomic mass is 9.85. The van der Waals surface area contributed by atoms with Crippen molar-refractivity contribution < 1.29 is 13.2 Å². The van der Waals surface area contributed by atoms with Gasteiger partial charge in [0.05, 0.1) is 11.8 Å². The average Bonchev–Trinajstić information content (AvgIpc) is 2.17. The highest BCUT2D eigenvalue weighted by Gasteiger charge is 2.24. The lowest BCUT2D eigenvalue weighted by molar-refractivity contribution is -0.132. The third-order valence-electron chi connectivity index (χ3n) is 3.25. The van der Waals surface area contributed by atoms with Crippen molar-refractivity contribution >= 4 is 15.7 Å². The van der Waals surface area contributed by atoms with E-state index in [9.17, 15) is 13.2 Å². The van der Waals surface area contributed by atoms with Crippen LogP contribution < -0.4 is 5.73 Å². The van der Waals surface area contributed by atoms with E-state index >= 15 is 0 Å². The van der Waals surface area contributed by atoms with Gasteiger partial charge >= 0.3 is 0 Å². The van der Waals surface area contributed by atoms with Crippen molar-refractivity contribution in [1.29, 1.82) is 0 Å². The van der Waals surface area contributed by atoms with Crippen LogP contribution in [0.2, 0.25) is 0 Å². The molecule has 1 amide bonds. The molecule has 1 saturated carbocycles. The number of carbonyl (C=O) groups excluding carboxylic acids is 1. The Balaban J connectivity index is 2.34. The molecule has 0 aliphatic heterocycles. The summed E-state index contributed by atoms with van der Waals surface area (Å²) in [6.07, 6.45) is 4.95.